The predicted octanol–water partition coefficient (Wildman–Crippen LogP) is 6.67. The van der Waals surface area contributed by atoms with Crippen LogP contribution < -0.4 is 10.6 Å². The Hall–Kier alpha value is -4.00. The maximum absolute atomic E-state index is 13.8. The van der Waals surface area contributed by atoms with Gasteiger partial charge in [0.25, 0.3) is 0 Å². The molecule has 34 heavy (non-hydrogen) atoms. The van der Waals surface area contributed by atoms with Gasteiger partial charge < -0.3 is 20.8 Å². The van der Waals surface area contributed by atoms with Crippen molar-refractivity contribution in [1.82, 2.24) is 0 Å². The fraction of sp³-hybridized carbons (Fsp3) is 0. The molecule has 0 fully saturated rings. The second-order valence-corrected chi connectivity index (χ2v) is 8.57. The third kappa shape index (κ3) is 3.73. The first-order valence-corrected chi connectivity index (χ1v) is 11.0. The van der Waals surface area contributed by atoms with Gasteiger partial charge in [-0.25, -0.2) is 0 Å². The van der Waals surface area contributed by atoms with Crippen molar-refractivity contribution in [2.75, 3.05) is 10.6 Å². The van der Waals surface area contributed by atoms with E-state index in [1.165, 1.54) is 24.3 Å². The summed E-state index contributed by atoms with van der Waals surface area (Å²) in [7, 11) is 0. The molecule has 0 unspecified atom stereocenters. The number of fused-ring (bicyclic) bond motifs is 2. The molecule has 0 heterocycles. The van der Waals surface area contributed by atoms with Crippen LogP contribution in [0.4, 0.5) is 22.7 Å². The molecule has 1 aliphatic carbocycles. The number of carbonyl (C=O) groups excluding carboxylic acids is 2. The molecule has 0 amide bonds. The number of hydrogen-bond acceptors (Lipinski definition) is 6. The summed E-state index contributed by atoms with van der Waals surface area (Å²) < 4.78 is 0. The van der Waals surface area contributed by atoms with E-state index in [2.05, 4.69) is 10.6 Å². The molecule has 0 radical (unpaired) electrons. The predicted molar refractivity (Wildman–Crippen MR) is 133 cm³/mol. The average molecular weight is 491 g/mol. The lowest BCUT2D eigenvalue weighted by Gasteiger charge is -2.24. The number of nitrogens with one attached hydrogen (secondary N) is 2. The number of benzene rings is 4. The van der Waals surface area contributed by atoms with Crippen LogP contribution >= 0.6 is 23.2 Å². The lowest BCUT2D eigenvalue weighted by atomic mass is 9.81. The van der Waals surface area contributed by atoms with Crippen molar-refractivity contribution in [3.8, 4) is 11.5 Å². The third-order valence-electron chi connectivity index (χ3n) is 5.48. The fourth-order valence-corrected chi connectivity index (χ4v) is 4.40. The smallest absolute Gasteiger partial charge is 0.202 e. The molecule has 168 valence electrons. The highest BCUT2D eigenvalue weighted by Crippen LogP contribution is 2.43. The van der Waals surface area contributed by atoms with Crippen molar-refractivity contribution >= 4 is 57.5 Å². The van der Waals surface area contributed by atoms with Crippen LogP contribution in [0.1, 0.15) is 31.8 Å². The SMILES string of the molecule is O=C1c2c(O)ccc(Nc3cccc(Cl)c3)c2C(=O)c2c(Nc3cccc(Cl)c3)ccc(O)c21. The Bertz CT molecular complexity index is 1390. The normalized spacial score (nSPS) is 12.2. The van der Waals surface area contributed by atoms with Crippen LogP contribution in [0.5, 0.6) is 11.5 Å². The third-order valence-corrected chi connectivity index (χ3v) is 5.95. The number of aromatic hydroxyl groups is 2. The van der Waals surface area contributed by atoms with Crippen molar-refractivity contribution in [1.29, 1.82) is 0 Å². The molecule has 4 aromatic rings. The van der Waals surface area contributed by atoms with Gasteiger partial charge in [0.05, 0.1) is 33.6 Å². The van der Waals surface area contributed by atoms with E-state index in [1.54, 1.807) is 48.5 Å². The van der Waals surface area contributed by atoms with Crippen molar-refractivity contribution in [3.05, 3.63) is 105 Å². The van der Waals surface area contributed by atoms with E-state index in [1.807, 2.05) is 0 Å². The summed E-state index contributed by atoms with van der Waals surface area (Å²) in [5.41, 5.74) is 1.46. The monoisotopic (exact) mass is 490 g/mol. The Morgan fingerprint density at radius 3 is 1.38 bits per heavy atom. The Morgan fingerprint density at radius 2 is 0.971 bits per heavy atom. The van der Waals surface area contributed by atoms with Gasteiger partial charge in [0, 0.05) is 21.4 Å². The second-order valence-electron chi connectivity index (χ2n) is 7.69. The Morgan fingerprint density at radius 1 is 0.559 bits per heavy atom. The Balaban J connectivity index is 1.67. The molecular formula is C26H16Cl2N2O4. The molecule has 8 heteroatoms. The van der Waals surface area contributed by atoms with E-state index in [0.29, 0.717) is 32.8 Å². The summed E-state index contributed by atoms with van der Waals surface area (Å²) in [6, 6.07) is 19.4. The van der Waals surface area contributed by atoms with Crippen LogP contribution in [0.25, 0.3) is 0 Å². The maximum atomic E-state index is 13.8. The number of halogens is 2. The van der Waals surface area contributed by atoms with Crippen LogP contribution in [-0.4, -0.2) is 21.8 Å². The quantitative estimate of drug-likeness (QED) is 0.210. The molecular weight excluding hydrogens is 475 g/mol. The molecule has 0 saturated heterocycles. The molecule has 0 saturated carbocycles. The minimum absolute atomic E-state index is 0.00257. The summed E-state index contributed by atoms with van der Waals surface area (Å²) in [5.74, 6) is -1.92. The van der Waals surface area contributed by atoms with Gasteiger partial charge in [0.1, 0.15) is 11.5 Å². The summed E-state index contributed by atoms with van der Waals surface area (Å²) in [5, 5.41) is 28.2. The van der Waals surface area contributed by atoms with E-state index >= 15 is 0 Å². The zero-order chi connectivity index (χ0) is 24.0. The average Bonchev–Trinajstić information content (AvgIpc) is 2.79. The van der Waals surface area contributed by atoms with E-state index in [0.717, 1.165) is 0 Å². The van der Waals surface area contributed by atoms with Crippen molar-refractivity contribution in [3.63, 3.8) is 0 Å². The number of phenolic OH excluding ortho intramolecular Hbond substituents is 2. The Labute approximate surface area is 204 Å². The molecule has 1 aliphatic rings. The van der Waals surface area contributed by atoms with Gasteiger partial charge in [0.2, 0.25) is 5.78 Å². The lowest BCUT2D eigenvalue weighted by molar-refractivity contribution is 0.0975. The Kier molecular flexibility index (Phi) is 5.40. The van der Waals surface area contributed by atoms with Gasteiger partial charge in [-0.15, -0.1) is 0 Å². The molecule has 0 aliphatic heterocycles. The van der Waals surface area contributed by atoms with Crippen molar-refractivity contribution in [2.45, 2.75) is 0 Å². The van der Waals surface area contributed by atoms with Crippen LogP contribution in [0.3, 0.4) is 0 Å². The molecule has 6 nitrogen and oxygen atoms in total. The first-order chi connectivity index (χ1) is 16.3. The molecule has 0 atom stereocenters. The summed E-state index contributed by atoms with van der Waals surface area (Å²) in [6.07, 6.45) is 0. The van der Waals surface area contributed by atoms with Crippen molar-refractivity contribution in [2.24, 2.45) is 0 Å². The molecule has 4 N–H and O–H groups in total. The largest absolute Gasteiger partial charge is 0.507 e. The molecule has 0 bridgehead atoms. The lowest BCUT2D eigenvalue weighted by Crippen LogP contribution is -2.23. The van der Waals surface area contributed by atoms with Crippen LogP contribution in [0.15, 0.2) is 72.8 Å². The van der Waals surface area contributed by atoms with E-state index < -0.39 is 11.6 Å². The summed E-state index contributed by atoms with van der Waals surface area (Å²) in [6.45, 7) is 0. The number of anilines is 4. The zero-order valence-corrected chi connectivity index (χ0v) is 18.9. The summed E-state index contributed by atoms with van der Waals surface area (Å²) in [4.78, 5) is 27.3. The highest BCUT2D eigenvalue weighted by molar-refractivity contribution is 6.34. The highest BCUT2D eigenvalue weighted by Gasteiger charge is 2.38. The van der Waals surface area contributed by atoms with E-state index in [-0.39, 0.29) is 33.8 Å². The van der Waals surface area contributed by atoms with Crippen LogP contribution in [0, 0.1) is 0 Å². The highest BCUT2D eigenvalue weighted by atomic mass is 35.5. The molecule has 4 aromatic carbocycles. The van der Waals surface area contributed by atoms with E-state index in [9.17, 15) is 19.8 Å². The number of ketones is 2. The molecule has 0 aromatic heterocycles. The zero-order valence-electron chi connectivity index (χ0n) is 17.4. The minimum Gasteiger partial charge on any atom is -0.507 e. The second kappa shape index (κ2) is 8.41. The van der Waals surface area contributed by atoms with Gasteiger partial charge in [0.15, 0.2) is 5.78 Å². The molecule has 5 rings (SSSR count). The minimum atomic E-state index is -0.663. The number of carbonyl (C=O) groups is 2. The van der Waals surface area contributed by atoms with Gasteiger partial charge in [-0.1, -0.05) is 35.3 Å². The topological polar surface area (TPSA) is 98.7 Å². The maximum Gasteiger partial charge on any atom is 0.202 e. The van der Waals surface area contributed by atoms with E-state index in [4.69, 9.17) is 23.2 Å². The van der Waals surface area contributed by atoms with Gasteiger partial charge in [-0.05, 0) is 60.7 Å². The first kappa shape index (κ1) is 21.8. The number of rotatable bonds is 4. The number of hydrogen-bond donors (Lipinski definition) is 4. The fourth-order valence-electron chi connectivity index (χ4n) is 4.02. The molecule has 0 spiro atoms. The van der Waals surface area contributed by atoms with Crippen LogP contribution in [0.2, 0.25) is 10.0 Å². The summed E-state index contributed by atoms with van der Waals surface area (Å²) >= 11 is 12.2. The number of phenols is 2. The van der Waals surface area contributed by atoms with Crippen molar-refractivity contribution < 1.29 is 19.8 Å². The standard InChI is InChI=1S/C26H16Cl2N2O4/c27-13-3-1-5-15(11-13)29-17-7-9-19(31)23-21(17)25(33)22-18(8-10-20(32)24(22)26(23)34)30-16-6-2-4-14(28)12-16/h1-12,29-32H. The first-order valence-electron chi connectivity index (χ1n) is 10.2. The van der Waals surface area contributed by atoms with Gasteiger partial charge in [-0.3, -0.25) is 9.59 Å². The van der Waals surface area contributed by atoms with Gasteiger partial charge >= 0.3 is 0 Å². The van der Waals surface area contributed by atoms with Gasteiger partial charge in [-0.2, -0.15) is 0 Å². The van der Waals surface area contributed by atoms with Crippen LogP contribution in [-0.2, 0) is 0 Å².